The van der Waals surface area contributed by atoms with Gasteiger partial charge in [-0.3, -0.25) is 4.79 Å². The first kappa shape index (κ1) is 13.2. The monoisotopic (exact) mass is 239 g/mol. The first-order valence-electron chi connectivity index (χ1n) is 5.51. The lowest BCUT2D eigenvalue weighted by Gasteiger charge is -2.09. The summed E-state index contributed by atoms with van der Waals surface area (Å²) < 4.78 is 10.2. The highest BCUT2D eigenvalue weighted by atomic mass is 16.5. The van der Waals surface area contributed by atoms with Crippen molar-refractivity contribution in [3.05, 3.63) is 12.3 Å². The maximum Gasteiger partial charge on any atom is 0.325 e. The van der Waals surface area contributed by atoms with Gasteiger partial charge in [-0.15, -0.1) is 0 Å². The molecule has 94 valence electrons. The normalized spacial score (nSPS) is 10.1. The minimum absolute atomic E-state index is 0.0406. The summed E-state index contributed by atoms with van der Waals surface area (Å²) >= 11 is 0. The highest BCUT2D eigenvalue weighted by molar-refractivity contribution is 5.74. The van der Waals surface area contributed by atoms with E-state index < -0.39 is 0 Å². The number of hydrogen-bond donors (Lipinski definition) is 1. The van der Waals surface area contributed by atoms with Crippen molar-refractivity contribution in [2.45, 2.75) is 26.9 Å². The molecule has 0 radical (unpaired) electrons. The Hall–Kier alpha value is -1.85. The average Bonchev–Trinajstić information content (AvgIpc) is 2.26. The summed E-state index contributed by atoms with van der Waals surface area (Å²) in [5, 5.41) is 2.77. The molecule has 0 aromatic carbocycles. The number of carbonyl (C=O) groups is 1. The van der Waals surface area contributed by atoms with E-state index in [0.29, 0.717) is 18.4 Å². The molecular formula is C11H17N3O3. The van der Waals surface area contributed by atoms with Gasteiger partial charge in [0.15, 0.2) is 0 Å². The van der Waals surface area contributed by atoms with E-state index in [4.69, 9.17) is 9.47 Å². The predicted octanol–water partition coefficient (Wildman–Crippen LogP) is 1.24. The average molecular weight is 239 g/mol. The summed E-state index contributed by atoms with van der Waals surface area (Å²) in [6.07, 6.45) is 1.61. The summed E-state index contributed by atoms with van der Waals surface area (Å²) in [4.78, 5) is 19.2. The third-order valence-electron chi connectivity index (χ3n) is 1.68. The van der Waals surface area contributed by atoms with Gasteiger partial charge in [-0.2, -0.15) is 4.98 Å². The van der Waals surface area contributed by atoms with Crippen molar-refractivity contribution >= 4 is 11.9 Å². The minimum Gasteiger partial charge on any atom is -0.475 e. The van der Waals surface area contributed by atoms with Gasteiger partial charge < -0.3 is 14.8 Å². The zero-order valence-electron chi connectivity index (χ0n) is 10.3. The van der Waals surface area contributed by atoms with Crippen molar-refractivity contribution in [1.29, 1.82) is 0 Å². The number of esters is 1. The Bertz CT molecular complexity index is 369. The number of carbonyl (C=O) groups excluding carboxylic acids is 1. The zero-order valence-corrected chi connectivity index (χ0v) is 10.3. The van der Waals surface area contributed by atoms with Crippen molar-refractivity contribution in [3.63, 3.8) is 0 Å². The fourth-order valence-electron chi connectivity index (χ4n) is 1.10. The molecule has 0 amide bonds. The number of nitrogens with one attached hydrogen (secondary N) is 1. The van der Waals surface area contributed by atoms with Gasteiger partial charge >= 0.3 is 5.97 Å². The second-order valence-electron chi connectivity index (χ2n) is 3.54. The van der Waals surface area contributed by atoms with Crippen LogP contribution < -0.4 is 10.1 Å². The van der Waals surface area contributed by atoms with Crippen molar-refractivity contribution in [2.75, 3.05) is 18.5 Å². The molecule has 1 N–H and O–H groups in total. The lowest BCUT2D eigenvalue weighted by molar-refractivity contribution is -0.140. The number of rotatable bonds is 6. The number of anilines is 1. The van der Waals surface area contributed by atoms with E-state index in [0.717, 1.165) is 0 Å². The standard InChI is InChI=1S/C11H17N3O3/c1-4-16-10(15)7-13-11-12-6-5-9(14-11)17-8(2)3/h5-6,8H,4,7H2,1-3H3,(H,12,13,14). The summed E-state index contributed by atoms with van der Waals surface area (Å²) in [7, 11) is 0. The van der Waals surface area contributed by atoms with E-state index in [2.05, 4.69) is 15.3 Å². The summed E-state index contributed by atoms with van der Waals surface area (Å²) in [6, 6.07) is 1.66. The molecule has 0 atom stereocenters. The molecule has 6 heteroatoms. The molecule has 0 bridgehead atoms. The van der Waals surface area contributed by atoms with Crippen LogP contribution in [0.1, 0.15) is 20.8 Å². The van der Waals surface area contributed by atoms with E-state index >= 15 is 0 Å². The van der Waals surface area contributed by atoms with E-state index in [1.165, 1.54) is 0 Å². The van der Waals surface area contributed by atoms with Crippen LogP contribution in [0.3, 0.4) is 0 Å². The quantitative estimate of drug-likeness (QED) is 0.753. The van der Waals surface area contributed by atoms with Crippen molar-refractivity contribution < 1.29 is 14.3 Å². The summed E-state index contributed by atoms with van der Waals surface area (Å²) in [5.74, 6) is 0.476. The van der Waals surface area contributed by atoms with Gasteiger partial charge in [-0.05, 0) is 20.8 Å². The van der Waals surface area contributed by atoms with E-state index in [1.54, 1.807) is 19.2 Å². The van der Waals surface area contributed by atoms with Crippen LogP contribution in [0.25, 0.3) is 0 Å². The van der Waals surface area contributed by atoms with Crippen molar-refractivity contribution in [2.24, 2.45) is 0 Å². The largest absolute Gasteiger partial charge is 0.475 e. The second-order valence-corrected chi connectivity index (χ2v) is 3.54. The van der Waals surface area contributed by atoms with Crippen molar-refractivity contribution in [1.82, 2.24) is 9.97 Å². The molecule has 0 fully saturated rings. The topological polar surface area (TPSA) is 73.3 Å². The van der Waals surface area contributed by atoms with Gasteiger partial charge in [-0.25, -0.2) is 4.98 Å². The van der Waals surface area contributed by atoms with Crippen LogP contribution >= 0.6 is 0 Å². The third kappa shape index (κ3) is 5.14. The SMILES string of the molecule is CCOC(=O)CNc1nccc(OC(C)C)n1. The highest BCUT2D eigenvalue weighted by Crippen LogP contribution is 2.09. The molecule has 0 saturated heterocycles. The van der Waals surface area contributed by atoms with Crippen molar-refractivity contribution in [3.8, 4) is 5.88 Å². The molecule has 1 heterocycles. The third-order valence-corrected chi connectivity index (χ3v) is 1.68. The maximum absolute atomic E-state index is 11.1. The molecule has 0 aliphatic heterocycles. The zero-order chi connectivity index (χ0) is 12.7. The number of hydrogen-bond acceptors (Lipinski definition) is 6. The maximum atomic E-state index is 11.1. The van der Waals surface area contributed by atoms with E-state index in [-0.39, 0.29) is 18.6 Å². The minimum atomic E-state index is -0.341. The Morgan fingerprint density at radius 1 is 1.53 bits per heavy atom. The van der Waals surface area contributed by atoms with E-state index in [9.17, 15) is 4.79 Å². The Morgan fingerprint density at radius 2 is 2.29 bits per heavy atom. The molecule has 0 aliphatic rings. The Balaban J connectivity index is 2.51. The smallest absolute Gasteiger partial charge is 0.325 e. The molecule has 17 heavy (non-hydrogen) atoms. The first-order valence-corrected chi connectivity index (χ1v) is 5.51. The Kier molecular flexibility index (Phi) is 5.19. The van der Waals surface area contributed by atoms with Gasteiger partial charge in [0.2, 0.25) is 11.8 Å². The van der Waals surface area contributed by atoms with Crippen LogP contribution in [0, 0.1) is 0 Å². The lowest BCUT2D eigenvalue weighted by atomic mass is 10.5. The molecule has 0 aliphatic carbocycles. The lowest BCUT2D eigenvalue weighted by Crippen LogP contribution is -2.18. The first-order chi connectivity index (χ1) is 8.11. The molecule has 0 spiro atoms. The Morgan fingerprint density at radius 3 is 2.94 bits per heavy atom. The molecule has 6 nitrogen and oxygen atoms in total. The van der Waals surface area contributed by atoms with E-state index in [1.807, 2.05) is 13.8 Å². The summed E-state index contributed by atoms with van der Waals surface area (Å²) in [5.41, 5.74) is 0. The van der Waals surface area contributed by atoms with Crippen LogP contribution in [0.5, 0.6) is 5.88 Å². The van der Waals surface area contributed by atoms with Crippen LogP contribution in [0.15, 0.2) is 12.3 Å². The fourth-order valence-corrected chi connectivity index (χ4v) is 1.10. The van der Waals surface area contributed by atoms with Gasteiger partial charge in [0.05, 0.1) is 12.7 Å². The second kappa shape index (κ2) is 6.67. The Labute approximate surface area is 100 Å². The van der Waals surface area contributed by atoms with Crippen LogP contribution in [-0.4, -0.2) is 35.2 Å². The van der Waals surface area contributed by atoms with Crippen LogP contribution in [-0.2, 0) is 9.53 Å². The number of nitrogens with zero attached hydrogens (tertiary/aromatic N) is 2. The van der Waals surface area contributed by atoms with Crippen LogP contribution in [0.2, 0.25) is 0 Å². The van der Waals surface area contributed by atoms with Gasteiger partial charge in [0.25, 0.3) is 0 Å². The van der Waals surface area contributed by atoms with Gasteiger partial charge in [-0.1, -0.05) is 0 Å². The molecule has 1 aromatic rings. The summed E-state index contributed by atoms with van der Waals surface area (Å²) in [6.45, 7) is 5.98. The molecular weight excluding hydrogens is 222 g/mol. The molecule has 1 aromatic heterocycles. The van der Waals surface area contributed by atoms with Gasteiger partial charge in [0, 0.05) is 12.3 Å². The number of aromatic nitrogens is 2. The molecule has 1 rings (SSSR count). The number of ether oxygens (including phenoxy) is 2. The van der Waals surface area contributed by atoms with Crippen LogP contribution in [0.4, 0.5) is 5.95 Å². The molecule has 0 saturated carbocycles. The van der Waals surface area contributed by atoms with Gasteiger partial charge in [0.1, 0.15) is 6.54 Å². The molecule has 0 unspecified atom stereocenters. The predicted molar refractivity (Wildman–Crippen MR) is 62.9 cm³/mol. The highest BCUT2D eigenvalue weighted by Gasteiger charge is 2.05. The fraction of sp³-hybridized carbons (Fsp3) is 0.545.